The van der Waals surface area contributed by atoms with Crippen LogP contribution in [0.2, 0.25) is 0 Å². The Morgan fingerprint density at radius 1 is 1.18 bits per heavy atom. The van der Waals surface area contributed by atoms with E-state index in [9.17, 15) is 9.90 Å². The summed E-state index contributed by atoms with van der Waals surface area (Å²) in [6, 6.07) is 9.08. The smallest absolute Gasteiger partial charge is 0.185 e. The number of carbonyl (C=O) groups is 1. The minimum atomic E-state index is 0.0979. The molecular weight excluding hydrogens is 296 g/mol. The monoisotopic (exact) mass is 312 g/mol. The van der Waals surface area contributed by atoms with E-state index in [1.54, 1.807) is 29.5 Å². The lowest BCUT2D eigenvalue weighted by atomic mass is 10.1. The van der Waals surface area contributed by atoms with Gasteiger partial charge in [-0.15, -0.1) is 11.3 Å². The number of aromatic hydroxyl groups is 1. The van der Waals surface area contributed by atoms with Crippen molar-refractivity contribution in [2.24, 2.45) is 0 Å². The maximum Gasteiger partial charge on any atom is 0.185 e. The van der Waals surface area contributed by atoms with E-state index in [0.717, 1.165) is 34.4 Å². The van der Waals surface area contributed by atoms with Gasteiger partial charge in [-0.3, -0.25) is 4.79 Å². The second-order valence-electron chi connectivity index (χ2n) is 5.11. The molecule has 4 heteroatoms. The maximum absolute atomic E-state index is 12.4. The highest BCUT2D eigenvalue weighted by atomic mass is 32.1. The average Bonchev–Trinajstić information content (AvgIpc) is 3.14. The Morgan fingerprint density at radius 2 is 1.95 bits per heavy atom. The van der Waals surface area contributed by atoms with Gasteiger partial charge in [0.2, 0.25) is 0 Å². The number of carbonyl (C=O) groups excluding carboxylic acids is 1. The van der Waals surface area contributed by atoms with Crippen molar-refractivity contribution in [3.63, 3.8) is 0 Å². The molecular formula is C18H16O3S. The third-order valence-corrected chi connectivity index (χ3v) is 4.47. The molecule has 2 aromatic rings. The Kier molecular flexibility index (Phi) is 4.11. The maximum atomic E-state index is 12.4. The second-order valence-corrected chi connectivity index (χ2v) is 6.09. The zero-order valence-electron chi connectivity index (χ0n) is 12.2. The number of ketones is 1. The van der Waals surface area contributed by atoms with Gasteiger partial charge in [-0.1, -0.05) is 12.1 Å². The summed E-state index contributed by atoms with van der Waals surface area (Å²) < 4.78 is 5.09. The van der Waals surface area contributed by atoms with Crippen LogP contribution in [0.3, 0.4) is 0 Å². The minimum absolute atomic E-state index is 0.0979. The highest BCUT2D eigenvalue weighted by molar-refractivity contribution is 7.10. The first-order valence-corrected chi connectivity index (χ1v) is 7.91. The first-order chi connectivity index (χ1) is 10.7. The van der Waals surface area contributed by atoms with Crippen molar-refractivity contribution in [3.05, 3.63) is 57.3 Å². The molecule has 3 nitrogen and oxygen atoms in total. The molecule has 22 heavy (non-hydrogen) atoms. The number of Topliss-reactive ketones (excluding diaryl/α,β-unsaturated/α-hetero) is 1. The number of thiophene rings is 1. The van der Waals surface area contributed by atoms with Gasteiger partial charge < -0.3 is 9.84 Å². The zero-order chi connectivity index (χ0) is 15.5. The number of phenolic OH excluding ortho intramolecular Hbond substituents is 1. The summed E-state index contributed by atoms with van der Waals surface area (Å²) in [5.41, 5.74) is 2.52. The number of methoxy groups -OCH3 is 1. The summed E-state index contributed by atoms with van der Waals surface area (Å²) in [5.74, 6) is 0.621. The van der Waals surface area contributed by atoms with Crippen LogP contribution in [-0.4, -0.2) is 18.0 Å². The summed E-state index contributed by atoms with van der Waals surface area (Å²) in [6.07, 6.45) is 5.38. The number of hydrogen-bond acceptors (Lipinski definition) is 4. The summed E-state index contributed by atoms with van der Waals surface area (Å²) >= 11 is 1.63. The predicted molar refractivity (Wildman–Crippen MR) is 89.2 cm³/mol. The lowest BCUT2D eigenvalue weighted by molar-refractivity contribution is -0.111. The van der Waals surface area contributed by atoms with Crippen LogP contribution in [0.5, 0.6) is 11.5 Å². The fraction of sp³-hybridized carbons (Fsp3) is 0.167. The molecule has 1 saturated carbocycles. The van der Waals surface area contributed by atoms with E-state index in [1.165, 1.54) is 7.11 Å². The van der Waals surface area contributed by atoms with Crippen molar-refractivity contribution < 1.29 is 14.6 Å². The average molecular weight is 312 g/mol. The van der Waals surface area contributed by atoms with Crippen molar-refractivity contribution in [1.29, 1.82) is 0 Å². The van der Waals surface area contributed by atoms with Crippen LogP contribution in [0.25, 0.3) is 12.2 Å². The zero-order valence-corrected chi connectivity index (χ0v) is 13.0. The quantitative estimate of drug-likeness (QED) is 0.860. The number of benzene rings is 1. The van der Waals surface area contributed by atoms with Crippen LogP contribution >= 0.6 is 11.3 Å². The van der Waals surface area contributed by atoms with Crippen molar-refractivity contribution in [2.75, 3.05) is 7.11 Å². The summed E-state index contributed by atoms with van der Waals surface area (Å²) in [5, 5.41) is 11.6. The molecule has 1 aliphatic rings. The van der Waals surface area contributed by atoms with E-state index in [1.807, 2.05) is 29.7 Å². The molecule has 0 spiro atoms. The lowest BCUT2D eigenvalue weighted by Crippen LogP contribution is -1.95. The molecule has 1 aromatic carbocycles. The van der Waals surface area contributed by atoms with Gasteiger partial charge in [0.25, 0.3) is 0 Å². The number of hydrogen-bond donors (Lipinski definition) is 1. The number of rotatable bonds is 3. The minimum Gasteiger partial charge on any atom is -0.504 e. The fourth-order valence-corrected chi connectivity index (χ4v) is 3.19. The highest BCUT2D eigenvalue weighted by Gasteiger charge is 2.23. The third kappa shape index (κ3) is 2.97. The van der Waals surface area contributed by atoms with Gasteiger partial charge in [0.1, 0.15) is 0 Å². The predicted octanol–water partition coefficient (Wildman–Crippen LogP) is 4.29. The Bertz CT molecular complexity index is 755. The van der Waals surface area contributed by atoms with E-state index in [2.05, 4.69) is 0 Å². The Labute approximate surface area is 133 Å². The van der Waals surface area contributed by atoms with Crippen LogP contribution in [-0.2, 0) is 4.79 Å². The van der Waals surface area contributed by atoms with Gasteiger partial charge in [-0.25, -0.2) is 0 Å². The van der Waals surface area contributed by atoms with Gasteiger partial charge in [0.05, 0.1) is 7.11 Å². The molecule has 0 aliphatic heterocycles. The molecule has 1 fully saturated rings. The van der Waals surface area contributed by atoms with Crippen LogP contribution in [0.4, 0.5) is 0 Å². The summed E-state index contributed by atoms with van der Waals surface area (Å²) in [4.78, 5) is 13.6. The van der Waals surface area contributed by atoms with Crippen molar-refractivity contribution >= 4 is 29.3 Å². The van der Waals surface area contributed by atoms with E-state index < -0.39 is 0 Å². The molecule has 0 amide bonds. The molecule has 112 valence electrons. The molecule has 0 unspecified atom stereocenters. The number of allylic oxidation sites excluding steroid dienone is 2. The third-order valence-electron chi connectivity index (χ3n) is 3.65. The molecule has 0 saturated heterocycles. The number of ether oxygens (including phenoxy) is 1. The van der Waals surface area contributed by atoms with E-state index in [0.29, 0.717) is 5.75 Å². The van der Waals surface area contributed by atoms with Gasteiger partial charge >= 0.3 is 0 Å². The topological polar surface area (TPSA) is 46.5 Å². The highest BCUT2D eigenvalue weighted by Crippen LogP contribution is 2.32. The molecule has 1 heterocycles. The molecule has 0 bridgehead atoms. The SMILES string of the molecule is COc1cc(/C=C2\CC/C(=C\c3cccs3)C2=O)ccc1O. The van der Waals surface area contributed by atoms with Gasteiger partial charge in [-0.05, 0) is 54.1 Å². The molecule has 0 radical (unpaired) electrons. The van der Waals surface area contributed by atoms with Crippen LogP contribution in [0.1, 0.15) is 23.3 Å². The lowest BCUT2D eigenvalue weighted by Gasteiger charge is -2.04. The molecule has 1 aromatic heterocycles. The van der Waals surface area contributed by atoms with Crippen LogP contribution < -0.4 is 4.74 Å². The van der Waals surface area contributed by atoms with E-state index >= 15 is 0 Å². The Hall–Kier alpha value is -2.33. The normalized spacial score (nSPS) is 18.3. The largest absolute Gasteiger partial charge is 0.504 e. The molecule has 1 aliphatic carbocycles. The first kappa shape index (κ1) is 14.6. The Morgan fingerprint density at radius 3 is 2.64 bits per heavy atom. The Balaban J connectivity index is 1.86. The van der Waals surface area contributed by atoms with Crippen molar-refractivity contribution in [1.82, 2.24) is 0 Å². The van der Waals surface area contributed by atoms with E-state index in [-0.39, 0.29) is 11.5 Å². The van der Waals surface area contributed by atoms with Crippen molar-refractivity contribution in [3.8, 4) is 11.5 Å². The van der Waals surface area contributed by atoms with Gasteiger partial charge in [0, 0.05) is 16.0 Å². The summed E-state index contributed by atoms with van der Waals surface area (Å²) in [7, 11) is 1.51. The molecule has 3 rings (SSSR count). The standard InChI is InChI=1S/C18H16O3S/c1-21-17-10-12(4-7-16(17)19)9-13-5-6-14(18(13)20)11-15-3-2-8-22-15/h2-4,7-11,19H,5-6H2,1H3/b13-9+,14-11+. The second kappa shape index (κ2) is 6.20. The summed E-state index contributed by atoms with van der Waals surface area (Å²) in [6.45, 7) is 0. The van der Waals surface area contributed by atoms with Gasteiger partial charge in [0.15, 0.2) is 17.3 Å². The fourth-order valence-electron chi connectivity index (χ4n) is 2.51. The molecule has 0 atom stereocenters. The van der Waals surface area contributed by atoms with E-state index in [4.69, 9.17) is 4.74 Å². The van der Waals surface area contributed by atoms with Crippen LogP contribution in [0.15, 0.2) is 46.9 Å². The number of phenols is 1. The molecule has 1 N–H and O–H groups in total. The van der Waals surface area contributed by atoms with Crippen molar-refractivity contribution in [2.45, 2.75) is 12.8 Å². The van der Waals surface area contributed by atoms with Crippen LogP contribution in [0, 0.1) is 0 Å². The van der Waals surface area contributed by atoms with Gasteiger partial charge in [-0.2, -0.15) is 0 Å². The first-order valence-electron chi connectivity index (χ1n) is 7.04.